The van der Waals surface area contributed by atoms with Gasteiger partial charge in [0.2, 0.25) is 5.91 Å². The molecule has 1 fully saturated rings. The molecule has 0 aliphatic carbocycles. The van der Waals surface area contributed by atoms with Gasteiger partial charge in [0.1, 0.15) is 0 Å². The maximum atomic E-state index is 12.5. The largest absolute Gasteiger partial charge is 0.349 e. The van der Waals surface area contributed by atoms with E-state index in [-0.39, 0.29) is 17.9 Å². The van der Waals surface area contributed by atoms with Gasteiger partial charge in [-0.3, -0.25) is 14.6 Å². The molecule has 6 heteroatoms. The number of rotatable bonds is 4. The minimum absolute atomic E-state index is 0.0974. The highest BCUT2D eigenvalue weighted by atomic mass is 79.9. The Bertz CT molecular complexity index is 743. The molecule has 3 rings (SSSR count). The molecule has 1 aromatic heterocycles. The van der Waals surface area contributed by atoms with E-state index in [4.69, 9.17) is 0 Å². The number of amides is 2. The van der Waals surface area contributed by atoms with Gasteiger partial charge in [-0.05, 0) is 36.6 Å². The van der Waals surface area contributed by atoms with Gasteiger partial charge in [0.05, 0.1) is 12.0 Å². The Labute approximate surface area is 155 Å². The van der Waals surface area contributed by atoms with Crippen LogP contribution in [0.15, 0.2) is 53.3 Å². The fourth-order valence-electron chi connectivity index (χ4n) is 2.96. The van der Waals surface area contributed by atoms with Crippen molar-refractivity contribution in [3.05, 3.63) is 64.4 Å². The van der Waals surface area contributed by atoms with Crippen molar-refractivity contribution in [1.29, 1.82) is 0 Å². The number of nitrogens with one attached hydrogen (secondary N) is 1. The summed E-state index contributed by atoms with van der Waals surface area (Å²) < 4.78 is 0.960. The Kier molecular flexibility index (Phi) is 5.81. The first-order valence-corrected chi connectivity index (χ1v) is 9.15. The fourth-order valence-corrected chi connectivity index (χ4v) is 3.38. The highest BCUT2D eigenvalue weighted by Gasteiger charge is 2.24. The molecule has 2 aromatic rings. The minimum Gasteiger partial charge on any atom is -0.349 e. The average molecular weight is 402 g/mol. The van der Waals surface area contributed by atoms with E-state index in [0.29, 0.717) is 25.1 Å². The predicted molar refractivity (Wildman–Crippen MR) is 99.2 cm³/mol. The van der Waals surface area contributed by atoms with Gasteiger partial charge < -0.3 is 10.2 Å². The number of hydrogen-bond donors (Lipinski definition) is 1. The highest BCUT2D eigenvalue weighted by molar-refractivity contribution is 9.10. The first kappa shape index (κ1) is 17.6. The second-order valence-corrected chi connectivity index (χ2v) is 6.99. The predicted octanol–water partition coefficient (Wildman–Crippen LogP) is 2.81. The molecule has 25 heavy (non-hydrogen) atoms. The van der Waals surface area contributed by atoms with Crippen molar-refractivity contribution in [2.45, 2.75) is 25.3 Å². The third-order valence-corrected chi connectivity index (χ3v) is 5.18. The number of carbonyl (C=O) groups is 2. The Balaban J connectivity index is 1.49. The van der Waals surface area contributed by atoms with E-state index in [1.807, 2.05) is 29.2 Å². The lowest BCUT2D eigenvalue weighted by Gasteiger charge is -2.32. The number of halogens is 1. The summed E-state index contributed by atoms with van der Waals surface area (Å²) in [6.45, 7) is 1.34. The van der Waals surface area contributed by atoms with Crippen LogP contribution in [0.25, 0.3) is 0 Å². The number of likely N-dealkylation sites (tertiary alicyclic amines) is 1. The molecule has 130 valence electrons. The molecule has 0 unspecified atom stereocenters. The summed E-state index contributed by atoms with van der Waals surface area (Å²) in [6.07, 6.45) is 5.15. The van der Waals surface area contributed by atoms with Gasteiger partial charge in [-0.15, -0.1) is 0 Å². The third kappa shape index (κ3) is 4.66. The first-order chi connectivity index (χ1) is 12.1. The number of carbonyl (C=O) groups excluding carboxylic acids is 2. The molecule has 0 atom stereocenters. The molecule has 2 amide bonds. The molecule has 1 saturated heterocycles. The van der Waals surface area contributed by atoms with Crippen molar-refractivity contribution in [2.75, 3.05) is 13.1 Å². The number of pyridine rings is 1. The van der Waals surface area contributed by atoms with E-state index >= 15 is 0 Å². The zero-order chi connectivity index (χ0) is 17.6. The van der Waals surface area contributed by atoms with Crippen molar-refractivity contribution < 1.29 is 9.59 Å². The second-order valence-electron chi connectivity index (χ2n) is 6.14. The van der Waals surface area contributed by atoms with Gasteiger partial charge in [0.25, 0.3) is 5.91 Å². The number of nitrogens with zero attached hydrogens (tertiary/aromatic N) is 2. The molecular weight excluding hydrogens is 382 g/mol. The quantitative estimate of drug-likeness (QED) is 0.856. The topological polar surface area (TPSA) is 62.3 Å². The van der Waals surface area contributed by atoms with E-state index in [1.54, 1.807) is 24.5 Å². The molecule has 2 heterocycles. The summed E-state index contributed by atoms with van der Waals surface area (Å²) >= 11 is 3.48. The van der Waals surface area contributed by atoms with Crippen LogP contribution in [0.5, 0.6) is 0 Å². The van der Waals surface area contributed by atoms with Gasteiger partial charge in [0.15, 0.2) is 0 Å². The molecule has 0 saturated carbocycles. The van der Waals surface area contributed by atoms with Gasteiger partial charge in [-0.25, -0.2) is 0 Å². The van der Waals surface area contributed by atoms with Crippen LogP contribution in [0.1, 0.15) is 28.8 Å². The maximum absolute atomic E-state index is 12.5. The molecule has 0 bridgehead atoms. The Hall–Kier alpha value is -2.21. The second kappa shape index (κ2) is 8.25. The summed E-state index contributed by atoms with van der Waals surface area (Å²) in [5, 5.41) is 3.03. The van der Waals surface area contributed by atoms with Gasteiger partial charge in [-0.2, -0.15) is 0 Å². The van der Waals surface area contributed by atoms with E-state index in [9.17, 15) is 9.59 Å². The third-order valence-electron chi connectivity index (χ3n) is 4.41. The van der Waals surface area contributed by atoms with Crippen LogP contribution in [-0.2, 0) is 11.2 Å². The summed E-state index contributed by atoms with van der Waals surface area (Å²) in [5.41, 5.74) is 1.56. The van der Waals surface area contributed by atoms with E-state index < -0.39 is 0 Å². The molecule has 1 aliphatic heterocycles. The van der Waals surface area contributed by atoms with Crippen LogP contribution in [0.2, 0.25) is 0 Å². The van der Waals surface area contributed by atoms with Crippen LogP contribution in [0, 0.1) is 0 Å². The Morgan fingerprint density at radius 2 is 1.92 bits per heavy atom. The molecule has 1 N–H and O–H groups in total. The molecule has 1 aromatic carbocycles. The lowest BCUT2D eigenvalue weighted by molar-refractivity contribution is -0.131. The van der Waals surface area contributed by atoms with E-state index in [0.717, 1.165) is 22.9 Å². The van der Waals surface area contributed by atoms with E-state index in [1.165, 1.54) is 0 Å². The van der Waals surface area contributed by atoms with Gasteiger partial charge in [-0.1, -0.05) is 34.1 Å². The number of aromatic nitrogens is 1. The summed E-state index contributed by atoms with van der Waals surface area (Å²) in [6, 6.07) is 11.4. The van der Waals surface area contributed by atoms with E-state index in [2.05, 4.69) is 26.2 Å². The zero-order valence-corrected chi connectivity index (χ0v) is 15.4. The average Bonchev–Trinajstić information content (AvgIpc) is 2.65. The zero-order valence-electron chi connectivity index (χ0n) is 13.8. The van der Waals surface area contributed by atoms with Gasteiger partial charge in [0, 0.05) is 36.0 Å². The normalized spacial score (nSPS) is 15.0. The number of hydrogen-bond acceptors (Lipinski definition) is 3. The molecule has 0 spiro atoms. The standard InChI is InChI=1S/C19H20BrN3O2/c20-17-6-2-1-4-14(17)12-18(24)23-10-7-16(8-11-23)22-19(25)15-5-3-9-21-13-15/h1-6,9,13,16H,7-8,10-12H2,(H,22,25). The van der Waals surface area contributed by atoms with Crippen molar-refractivity contribution in [1.82, 2.24) is 15.2 Å². The smallest absolute Gasteiger partial charge is 0.253 e. The SMILES string of the molecule is O=C(NC1CCN(C(=O)Cc2ccccc2Br)CC1)c1cccnc1. The summed E-state index contributed by atoms with van der Waals surface area (Å²) in [7, 11) is 0. The van der Waals surface area contributed by atoms with Crippen LogP contribution >= 0.6 is 15.9 Å². The van der Waals surface area contributed by atoms with Crippen molar-refractivity contribution >= 4 is 27.7 Å². The summed E-state index contributed by atoms with van der Waals surface area (Å²) in [5.74, 6) is 0.0232. The molecule has 1 aliphatic rings. The maximum Gasteiger partial charge on any atom is 0.253 e. The van der Waals surface area contributed by atoms with Crippen LogP contribution in [-0.4, -0.2) is 40.8 Å². The Morgan fingerprint density at radius 3 is 2.60 bits per heavy atom. The number of piperidine rings is 1. The van der Waals surface area contributed by atoms with Crippen LogP contribution < -0.4 is 5.32 Å². The lowest BCUT2D eigenvalue weighted by atomic mass is 10.0. The lowest BCUT2D eigenvalue weighted by Crippen LogP contribution is -2.47. The molecule has 0 radical (unpaired) electrons. The molecule has 5 nitrogen and oxygen atoms in total. The van der Waals surface area contributed by atoms with Crippen LogP contribution in [0.3, 0.4) is 0 Å². The van der Waals surface area contributed by atoms with Gasteiger partial charge >= 0.3 is 0 Å². The van der Waals surface area contributed by atoms with Crippen LogP contribution in [0.4, 0.5) is 0 Å². The Morgan fingerprint density at radius 1 is 1.16 bits per heavy atom. The molecular formula is C19H20BrN3O2. The van der Waals surface area contributed by atoms with Crippen molar-refractivity contribution in [3.63, 3.8) is 0 Å². The first-order valence-electron chi connectivity index (χ1n) is 8.35. The van der Waals surface area contributed by atoms with Crippen molar-refractivity contribution in [2.24, 2.45) is 0 Å². The number of benzene rings is 1. The monoisotopic (exact) mass is 401 g/mol. The summed E-state index contributed by atoms with van der Waals surface area (Å²) in [4.78, 5) is 30.5. The highest BCUT2D eigenvalue weighted by Crippen LogP contribution is 2.18. The minimum atomic E-state index is -0.105. The fraction of sp³-hybridized carbons (Fsp3) is 0.316. The van der Waals surface area contributed by atoms with Crippen molar-refractivity contribution in [3.8, 4) is 0 Å².